The molecule has 7 heteroatoms. The molecule has 0 aliphatic carbocycles. The van der Waals surface area contributed by atoms with Crippen molar-refractivity contribution >= 4 is 10.0 Å². The van der Waals surface area contributed by atoms with Crippen LogP contribution in [0.1, 0.15) is 25.8 Å². The molecule has 0 aromatic heterocycles. The molecule has 1 aromatic carbocycles. The van der Waals surface area contributed by atoms with Crippen LogP contribution in [0.25, 0.3) is 0 Å². The molecule has 2 aliphatic heterocycles. The minimum atomic E-state index is -3.33. The van der Waals surface area contributed by atoms with E-state index in [1.54, 1.807) is 11.4 Å². The summed E-state index contributed by atoms with van der Waals surface area (Å²) in [7, 11) is -1.71. The van der Waals surface area contributed by atoms with Gasteiger partial charge >= 0.3 is 0 Å². The molecular formula is C19H30N2O4S. The Bertz CT molecular complexity index is 690. The topological polar surface area (TPSA) is 59.1 Å². The Morgan fingerprint density at radius 2 is 1.96 bits per heavy atom. The summed E-state index contributed by atoms with van der Waals surface area (Å²) in [5.41, 5.74) is 0.968. The summed E-state index contributed by atoms with van der Waals surface area (Å²) in [6.45, 7) is 7.63. The summed E-state index contributed by atoms with van der Waals surface area (Å²) in [5.74, 6) is 1.47. The highest BCUT2D eigenvalue weighted by Gasteiger charge is 2.44. The number of likely N-dealkylation sites (tertiary alicyclic amines) is 1. The lowest BCUT2D eigenvalue weighted by Crippen LogP contribution is -2.45. The Labute approximate surface area is 157 Å². The largest absolute Gasteiger partial charge is 0.497 e. The van der Waals surface area contributed by atoms with Crippen molar-refractivity contribution in [3.63, 3.8) is 0 Å². The number of methoxy groups -OCH3 is 1. The number of benzene rings is 1. The Hall–Kier alpha value is -1.15. The molecule has 146 valence electrons. The van der Waals surface area contributed by atoms with Gasteiger partial charge in [0.1, 0.15) is 5.75 Å². The van der Waals surface area contributed by atoms with Crippen LogP contribution in [-0.4, -0.2) is 68.9 Å². The van der Waals surface area contributed by atoms with Gasteiger partial charge in [-0.1, -0.05) is 26.0 Å². The molecule has 2 fully saturated rings. The average Bonchev–Trinajstić information content (AvgIpc) is 2.96. The molecular weight excluding hydrogens is 352 g/mol. The van der Waals surface area contributed by atoms with Crippen molar-refractivity contribution in [2.75, 3.05) is 39.1 Å². The highest BCUT2D eigenvalue weighted by atomic mass is 32.2. The molecule has 0 amide bonds. The summed E-state index contributed by atoms with van der Waals surface area (Å²) in [6.07, 6.45) is 1.07. The van der Waals surface area contributed by atoms with Gasteiger partial charge in [0.05, 0.1) is 31.6 Å². The van der Waals surface area contributed by atoms with Gasteiger partial charge in [0.2, 0.25) is 10.0 Å². The maximum atomic E-state index is 12.8. The molecule has 0 unspecified atom stereocenters. The van der Waals surface area contributed by atoms with Crippen molar-refractivity contribution in [1.29, 1.82) is 0 Å². The van der Waals surface area contributed by atoms with E-state index in [9.17, 15) is 8.42 Å². The third-order valence-electron chi connectivity index (χ3n) is 5.23. The van der Waals surface area contributed by atoms with Crippen LogP contribution in [0.3, 0.4) is 0 Å². The van der Waals surface area contributed by atoms with Crippen LogP contribution in [0, 0.1) is 5.92 Å². The Balaban J connectivity index is 1.77. The lowest BCUT2D eigenvalue weighted by atomic mass is 10.1. The van der Waals surface area contributed by atoms with Crippen LogP contribution in [0.15, 0.2) is 24.3 Å². The van der Waals surface area contributed by atoms with E-state index in [-0.39, 0.29) is 24.5 Å². The van der Waals surface area contributed by atoms with Gasteiger partial charge < -0.3 is 9.47 Å². The van der Waals surface area contributed by atoms with Crippen molar-refractivity contribution in [2.24, 2.45) is 5.92 Å². The molecule has 6 nitrogen and oxygen atoms in total. The second-order valence-electron chi connectivity index (χ2n) is 7.63. The zero-order chi connectivity index (χ0) is 18.7. The van der Waals surface area contributed by atoms with Crippen LogP contribution >= 0.6 is 0 Å². The summed E-state index contributed by atoms with van der Waals surface area (Å²) in [5, 5.41) is 0. The third kappa shape index (κ3) is 4.57. The van der Waals surface area contributed by atoms with Crippen molar-refractivity contribution in [3.8, 4) is 5.75 Å². The fourth-order valence-electron chi connectivity index (χ4n) is 3.65. The number of nitrogens with zero attached hydrogens (tertiary/aromatic N) is 2. The van der Waals surface area contributed by atoms with Crippen molar-refractivity contribution in [3.05, 3.63) is 29.8 Å². The van der Waals surface area contributed by atoms with E-state index < -0.39 is 10.0 Å². The molecule has 2 atom stereocenters. The number of hydrogen-bond acceptors (Lipinski definition) is 5. The van der Waals surface area contributed by atoms with E-state index in [0.29, 0.717) is 12.5 Å². The Kier molecular flexibility index (Phi) is 6.22. The van der Waals surface area contributed by atoms with Crippen LogP contribution in [0.5, 0.6) is 5.75 Å². The lowest BCUT2D eigenvalue weighted by molar-refractivity contribution is 0.0459. The Morgan fingerprint density at radius 1 is 1.23 bits per heavy atom. The second-order valence-corrected chi connectivity index (χ2v) is 9.67. The SMILES string of the molecule is COc1ccc(CN2[C@@H]3CN(CCC(C)C)C[C@@H]3OCCS2(=O)=O)cc1. The maximum Gasteiger partial charge on any atom is 0.217 e. The lowest BCUT2D eigenvalue weighted by Gasteiger charge is -2.28. The molecule has 0 saturated carbocycles. The Morgan fingerprint density at radius 3 is 2.62 bits per heavy atom. The standard InChI is InChI=1S/C19H30N2O4S/c1-15(2)8-9-20-13-18-19(14-20)25-10-11-26(22,23)21(18)12-16-4-6-17(24-3)7-5-16/h4-7,15,18-19H,8-14H2,1-3H3/t18-,19+/m1/s1. The van der Waals surface area contributed by atoms with E-state index in [1.165, 1.54) is 0 Å². The molecule has 3 rings (SSSR count). The number of sulfonamides is 1. The minimum Gasteiger partial charge on any atom is -0.497 e. The van der Waals surface area contributed by atoms with Gasteiger partial charge in [-0.05, 0) is 36.6 Å². The highest BCUT2D eigenvalue weighted by Crippen LogP contribution is 2.27. The number of ether oxygens (including phenoxy) is 2. The fraction of sp³-hybridized carbons (Fsp3) is 0.684. The zero-order valence-electron chi connectivity index (χ0n) is 15.9. The monoisotopic (exact) mass is 382 g/mol. The second kappa shape index (κ2) is 8.25. The van der Waals surface area contributed by atoms with Crippen LogP contribution in [-0.2, 0) is 21.3 Å². The van der Waals surface area contributed by atoms with Gasteiger partial charge in [0, 0.05) is 19.6 Å². The highest BCUT2D eigenvalue weighted by molar-refractivity contribution is 7.89. The van der Waals surface area contributed by atoms with Crippen LogP contribution < -0.4 is 4.74 Å². The van der Waals surface area contributed by atoms with Gasteiger partial charge in [0.15, 0.2) is 0 Å². The number of hydrogen-bond donors (Lipinski definition) is 0. The molecule has 0 radical (unpaired) electrons. The normalized spacial score (nSPS) is 26.6. The summed E-state index contributed by atoms with van der Waals surface area (Å²) in [6, 6.07) is 7.49. The van der Waals surface area contributed by atoms with Crippen LogP contribution in [0.2, 0.25) is 0 Å². The minimum absolute atomic E-state index is 0.0438. The first-order valence-electron chi connectivity index (χ1n) is 9.35. The van der Waals surface area contributed by atoms with Gasteiger partial charge in [-0.25, -0.2) is 8.42 Å². The first-order valence-corrected chi connectivity index (χ1v) is 11.0. The van der Waals surface area contributed by atoms with Gasteiger partial charge in [-0.15, -0.1) is 0 Å². The first-order chi connectivity index (χ1) is 12.4. The molecule has 1 aromatic rings. The quantitative estimate of drug-likeness (QED) is 0.753. The van der Waals surface area contributed by atoms with Gasteiger partial charge in [0.25, 0.3) is 0 Å². The molecule has 2 saturated heterocycles. The zero-order valence-corrected chi connectivity index (χ0v) is 16.7. The average molecular weight is 383 g/mol. The van der Waals surface area contributed by atoms with Gasteiger partial charge in [-0.3, -0.25) is 4.90 Å². The molecule has 2 aliphatic rings. The smallest absolute Gasteiger partial charge is 0.217 e. The van der Waals surface area contributed by atoms with E-state index >= 15 is 0 Å². The number of fused-ring (bicyclic) bond motifs is 1. The summed E-state index contributed by atoms with van der Waals surface area (Å²) < 4.78 is 38.5. The molecule has 2 heterocycles. The molecule has 26 heavy (non-hydrogen) atoms. The first kappa shape index (κ1) is 19.6. The molecule has 0 bridgehead atoms. The van der Waals surface area contributed by atoms with E-state index in [0.717, 1.165) is 37.4 Å². The van der Waals surface area contributed by atoms with E-state index in [4.69, 9.17) is 9.47 Å². The fourth-order valence-corrected chi connectivity index (χ4v) is 5.15. The molecule has 0 N–H and O–H groups in total. The van der Waals surface area contributed by atoms with E-state index in [1.807, 2.05) is 24.3 Å². The van der Waals surface area contributed by atoms with Crippen molar-refractivity contribution < 1.29 is 17.9 Å². The van der Waals surface area contributed by atoms with E-state index in [2.05, 4.69) is 18.7 Å². The third-order valence-corrected chi connectivity index (χ3v) is 7.03. The van der Waals surface area contributed by atoms with Crippen molar-refractivity contribution in [1.82, 2.24) is 9.21 Å². The van der Waals surface area contributed by atoms with Gasteiger partial charge in [-0.2, -0.15) is 4.31 Å². The maximum absolute atomic E-state index is 12.8. The predicted molar refractivity (Wildman–Crippen MR) is 102 cm³/mol. The summed E-state index contributed by atoms with van der Waals surface area (Å²) >= 11 is 0. The summed E-state index contributed by atoms with van der Waals surface area (Å²) in [4.78, 5) is 2.34. The van der Waals surface area contributed by atoms with Crippen molar-refractivity contribution in [2.45, 2.75) is 39.0 Å². The number of rotatable bonds is 6. The molecule has 0 spiro atoms. The predicted octanol–water partition coefficient (Wildman–Crippen LogP) is 1.96. The van der Waals surface area contributed by atoms with Crippen LogP contribution in [0.4, 0.5) is 0 Å².